The van der Waals surface area contributed by atoms with Gasteiger partial charge in [-0.1, -0.05) is 19.3 Å². The first-order valence-corrected chi connectivity index (χ1v) is 5.41. The van der Waals surface area contributed by atoms with E-state index in [0.29, 0.717) is 13.0 Å². The fourth-order valence-corrected chi connectivity index (χ4v) is 2.04. The van der Waals surface area contributed by atoms with Crippen molar-refractivity contribution in [1.29, 1.82) is 0 Å². The molecule has 1 aliphatic carbocycles. The quantitative estimate of drug-likeness (QED) is 0.749. The molecule has 0 bridgehead atoms. The Bertz CT molecular complexity index is 184. The highest BCUT2D eigenvalue weighted by atomic mass is 19.4. The second-order valence-corrected chi connectivity index (χ2v) is 4.10. The Balaban J connectivity index is 2.41. The van der Waals surface area contributed by atoms with E-state index in [1.807, 2.05) is 0 Å². The molecule has 1 aliphatic rings. The highest BCUT2D eigenvalue weighted by Gasteiger charge is 2.31. The van der Waals surface area contributed by atoms with Crippen LogP contribution in [0.5, 0.6) is 0 Å². The van der Waals surface area contributed by atoms with Crippen molar-refractivity contribution in [3.8, 4) is 0 Å². The Morgan fingerprint density at radius 3 is 2.40 bits per heavy atom. The molecule has 0 heterocycles. The van der Waals surface area contributed by atoms with Crippen LogP contribution in [0.2, 0.25) is 0 Å². The molecule has 0 aromatic heterocycles. The topological polar surface area (TPSA) is 35.2 Å². The molecular weight excluding hydrogens is 207 g/mol. The van der Waals surface area contributed by atoms with Gasteiger partial charge in [0.25, 0.3) is 0 Å². The smallest absolute Gasteiger partial charge is 0.368 e. The van der Waals surface area contributed by atoms with Crippen LogP contribution in [0.3, 0.4) is 0 Å². The molecule has 0 aromatic carbocycles. The zero-order valence-electron chi connectivity index (χ0n) is 8.72. The lowest BCUT2D eigenvalue weighted by Crippen LogP contribution is -2.32. The third-order valence-corrected chi connectivity index (χ3v) is 2.85. The summed E-state index contributed by atoms with van der Waals surface area (Å²) in [5.74, 6) is 0.0925. The van der Waals surface area contributed by atoms with E-state index in [0.717, 1.165) is 25.7 Å². The van der Waals surface area contributed by atoms with Crippen LogP contribution in [0.25, 0.3) is 0 Å². The minimum absolute atomic E-state index is 0.0925. The van der Waals surface area contributed by atoms with E-state index in [2.05, 4.69) is 0 Å². The van der Waals surface area contributed by atoms with Gasteiger partial charge >= 0.3 is 6.18 Å². The number of hydrogen-bond acceptors (Lipinski definition) is 2. The first-order chi connectivity index (χ1) is 7.03. The van der Waals surface area contributed by atoms with Crippen molar-refractivity contribution < 1.29 is 17.9 Å². The lowest BCUT2D eigenvalue weighted by molar-refractivity contribution is -0.190. The predicted octanol–water partition coefficient (Wildman–Crippen LogP) is 2.47. The number of alkyl halides is 3. The zero-order valence-corrected chi connectivity index (χ0v) is 8.72. The van der Waals surface area contributed by atoms with Crippen molar-refractivity contribution in [1.82, 2.24) is 0 Å². The third kappa shape index (κ3) is 4.84. The standard InChI is InChI=1S/C10H18F3NO/c11-10(12,13)7-15-9-5-3-1-2-4-8(9)6-14/h8-9H,1-7,14H2. The normalized spacial score (nSPS) is 28.8. The largest absolute Gasteiger partial charge is 0.411 e. The Labute approximate surface area is 88.0 Å². The summed E-state index contributed by atoms with van der Waals surface area (Å²) >= 11 is 0. The molecule has 2 atom stereocenters. The Hall–Kier alpha value is -0.290. The number of rotatable bonds is 3. The summed E-state index contributed by atoms with van der Waals surface area (Å²) in [5.41, 5.74) is 5.54. The number of ether oxygens (including phenoxy) is 1. The first-order valence-electron chi connectivity index (χ1n) is 5.41. The number of nitrogens with two attached hydrogens (primary N) is 1. The van der Waals surface area contributed by atoms with Gasteiger partial charge in [0, 0.05) is 0 Å². The zero-order chi connectivity index (χ0) is 11.3. The second kappa shape index (κ2) is 5.70. The number of hydrogen-bond donors (Lipinski definition) is 1. The van der Waals surface area contributed by atoms with Gasteiger partial charge in [-0.2, -0.15) is 13.2 Å². The molecule has 0 spiro atoms. The van der Waals surface area contributed by atoms with E-state index >= 15 is 0 Å². The van der Waals surface area contributed by atoms with Gasteiger partial charge in [-0.3, -0.25) is 0 Å². The van der Waals surface area contributed by atoms with Crippen LogP contribution in [-0.4, -0.2) is 25.4 Å². The lowest BCUT2D eigenvalue weighted by Gasteiger charge is -2.24. The van der Waals surface area contributed by atoms with Gasteiger partial charge in [-0.05, 0) is 25.3 Å². The van der Waals surface area contributed by atoms with Crippen molar-refractivity contribution in [2.75, 3.05) is 13.2 Å². The maximum Gasteiger partial charge on any atom is 0.411 e. The SMILES string of the molecule is NCC1CCCCCC1OCC(F)(F)F. The minimum atomic E-state index is -4.23. The van der Waals surface area contributed by atoms with E-state index in [1.165, 1.54) is 0 Å². The minimum Gasteiger partial charge on any atom is -0.368 e. The highest BCUT2D eigenvalue weighted by Crippen LogP contribution is 2.27. The summed E-state index contributed by atoms with van der Waals surface area (Å²) in [4.78, 5) is 0. The summed E-state index contributed by atoms with van der Waals surface area (Å²) < 4.78 is 40.9. The second-order valence-electron chi connectivity index (χ2n) is 4.10. The van der Waals surface area contributed by atoms with Gasteiger partial charge in [-0.25, -0.2) is 0 Å². The average Bonchev–Trinajstić information content (AvgIpc) is 2.37. The molecule has 2 N–H and O–H groups in total. The maximum atomic E-state index is 12.0. The van der Waals surface area contributed by atoms with E-state index in [9.17, 15) is 13.2 Å². The Kier molecular flexibility index (Phi) is 4.86. The molecule has 1 saturated carbocycles. The van der Waals surface area contributed by atoms with Crippen LogP contribution >= 0.6 is 0 Å². The lowest BCUT2D eigenvalue weighted by atomic mass is 9.97. The highest BCUT2D eigenvalue weighted by molar-refractivity contribution is 4.75. The molecule has 2 nitrogen and oxygen atoms in total. The van der Waals surface area contributed by atoms with Gasteiger partial charge in [0.2, 0.25) is 0 Å². The monoisotopic (exact) mass is 225 g/mol. The van der Waals surface area contributed by atoms with E-state index in [4.69, 9.17) is 10.5 Å². The summed E-state index contributed by atoms with van der Waals surface area (Å²) in [7, 11) is 0. The molecule has 0 radical (unpaired) electrons. The first kappa shape index (κ1) is 12.8. The molecule has 1 rings (SSSR count). The summed E-state index contributed by atoms with van der Waals surface area (Å²) in [6.07, 6.45) is 0.122. The fraction of sp³-hybridized carbons (Fsp3) is 1.00. The molecule has 1 fully saturated rings. The van der Waals surface area contributed by atoms with Gasteiger partial charge in [0.05, 0.1) is 6.10 Å². The Morgan fingerprint density at radius 2 is 1.80 bits per heavy atom. The molecule has 90 valence electrons. The molecule has 15 heavy (non-hydrogen) atoms. The molecule has 0 amide bonds. The molecule has 0 saturated heterocycles. The van der Waals surface area contributed by atoms with Gasteiger partial charge < -0.3 is 10.5 Å². The molecule has 5 heteroatoms. The van der Waals surface area contributed by atoms with Crippen molar-refractivity contribution in [2.45, 2.75) is 44.4 Å². The van der Waals surface area contributed by atoms with Gasteiger partial charge in [0.15, 0.2) is 0 Å². The summed E-state index contributed by atoms with van der Waals surface area (Å²) in [6, 6.07) is 0. The number of halogens is 3. The van der Waals surface area contributed by atoms with E-state index in [1.54, 1.807) is 0 Å². The van der Waals surface area contributed by atoms with Crippen LogP contribution in [0.4, 0.5) is 13.2 Å². The molecule has 0 aromatic rings. The predicted molar refractivity (Wildman–Crippen MR) is 51.4 cm³/mol. The summed E-state index contributed by atoms with van der Waals surface area (Å²) in [6.45, 7) is -0.726. The summed E-state index contributed by atoms with van der Waals surface area (Å²) in [5, 5.41) is 0. The van der Waals surface area contributed by atoms with Crippen molar-refractivity contribution in [3.63, 3.8) is 0 Å². The third-order valence-electron chi connectivity index (χ3n) is 2.85. The van der Waals surface area contributed by atoms with Crippen LogP contribution < -0.4 is 5.73 Å². The molecule has 2 unspecified atom stereocenters. The van der Waals surface area contributed by atoms with E-state index < -0.39 is 12.8 Å². The van der Waals surface area contributed by atoms with Crippen molar-refractivity contribution >= 4 is 0 Å². The fourth-order valence-electron chi connectivity index (χ4n) is 2.04. The molecular formula is C10H18F3NO. The molecule has 0 aliphatic heterocycles. The van der Waals surface area contributed by atoms with Crippen molar-refractivity contribution in [2.24, 2.45) is 11.7 Å². The van der Waals surface area contributed by atoms with Gasteiger partial charge in [-0.15, -0.1) is 0 Å². The maximum absolute atomic E-state index is 12.0. The van der Waals surface area contributed by atoms with Crippen LogP contribution in [0, 0.1) is 5.92 Å². The van der Waals surface area contributed by atoms with Gasteiger partial charge in [0.1, 0.15) is 6.61 Å². The van der Waals surface area contributed by atoms with Crippen molar-refractivity contribution in [3.05, 3.63) is 0 Å². The van der Waals surface area contributed by atoms with Crippen LogP contribution in [0.15, 0.2) is 0 Å². The Morgan fingerprint density at radius 1 is 1.13 bits per heavy atom. The van der Waals surface area contributed by atoms with E-state index in [-0.39, 0.29) is 12.0 Å². The van der Waals surface area contributed by atoms with Crippen LogP contribution in [-0.2, 0) is 4.74 Å². The van der Waals surface area contributed by atoms with Crippen LogP contribution in [0.1, 0.15) is 32.1 Å². The average molecular weight is 225 g/mol.